The molecule has 1 fully saturated rings. The first-order valence-corrected chi connectivity index (χ1v) is 13.8. The topological polar surface area (TPSA) is 49.9 Å². The van der Waals surface area contributed by atoms with Crippen molar-refractivity contribution in [2.45, 2.75) is 44.0 Å². The van der Waals surface area contributed by atoms with Crippen molar-refractivity contribution in [3.63, 3.8) is 0 Å². The summed E-state index contributed by atoms with van der Waals surface area (Å²) in [6.07, 6.45) is 4.59. The number of piperidine rings is 1. The van der Waals surface area contributed by atoms with Gasteiger partial charge in [-0.2, -0.15) is 0 Å². The van der Waals surface area contributed by atoms with Crippen molar-refractivity contribution < 1.29 is 21.9 Å². The lowest BCUT2D eigenvalue weighted by molar-refractivity contribution is 0.204. The maximum absolute atomic E-state index is 14.8. The predicted molar refractivity (Wildman–Crippen MR) is 138 cm³/mol. The summed E-state index contributed by atoms with van der Waals surface area (Å²) >= 11 is 0. The van der Waals surface area contributed by atoms with E-state index in [4.69, 9.17) is 4.74 Å². The summed E-state index contributed by atoms with van der Waals surface area (Å²) in [4.78, 5) is 2.43. The van der Waals surface area contributed by atoms with Crippen LogP contribution >= 0.6 is 0 Å². The fourth-order valence-electron chi connectivity index (χ4n) is 4.40. The maximum atomic E-state index is 14.8. The van der Waals surface area contributed by atoms with Crippen LogP contribution in [0.2, 0.25) is 0 Å². The molecule has 1 saturated heterocycles. The molecule has 3 aromatic carbocycles. The van der Waals surface area contributed by atoms with Gasteiger partial charge in [0.05, 0.1) is 23.7 Å². The smallest absolute Gasteiger partial charge is 0.264 e. The second-order valence-corrected chi connectivity index (χ2v) is 11.0. The average Bonchev–Trinajstić information content (AvgIpc) is 2.88. The molecule has 1 heterocycles. The van der Waals surface area contributed by atoms with E-state index >= 15 is 0 Å². The van der Waals surface area contributed by atoms with Gasteiger partial charge in [-0.3, -0.25) is 4.31 Å². The quantitative estimate of drug-likeness (QED) is 0.315. The number of benzene rings is 3. The second kappa shape index (κ2) is 11.8. The Morgan fingerprint density at radius 1 is 0.944 bits per heavy atom. The Morgan fingerprint density at radius 2 is 1.67 bits per heavy atom. The van der Waals surface area contributed by atoms with Crippen molar-refractivity contribution in [3.05, 3.63) is 89.5 Å². The summed E-state index contributed by atoms with van der Waals surface area (Å²) in [6.45, 7) is 5.29. The van der Waals surface area contributed by atoms with E-state index in [9.17, 15) is 17.2 Å². The third-order valence-corrected chi connectivity index (χ3v) is 8.17. The minimum absolute atomic E-state index is 0.00306. The number of hydrogen-bond acceptors (Lipinski definition) is 4. The molecule has 0 atom stereocenters. The number of anilines is 1. The molecule has 0 radical (unpaired) electrons. The van der Waals surface area contributed by atoms with Crippen LogP contribution in [0, 0.1) is 18.6 Å². The number of para-hydroxylation sites is 1. The largest absolute Gasteiger partial charge is 0.493 e. The third kappa shape index (κ3) is 6.42. The molecule has 3 aromatic rings. The molecule has 0 spiro atoms. The number of halogens is 2. The summed E-state index contributed by atoms with van der Waals surface area (Å²) in [5, 5.41) is 0. The van der Waals surface area contributed by atoms with Crippen molar-refractivity contribution >= 4 is 15.7 Å². The summed E-state index contributed by atoms with van der Waals surface area (Å²) in [5.74, 6) is -1.03. The highest BCUT2D eigenvalue weighted by molar-refractivity contribution is 7.92. The molecule has 0 bridgehead atoms. The van der Waals surface area contributed by atoms with Crippen molar-refractivity contribution in [2.75, 3.05) is 30.5 Å². The van der Waals surface area contributed by atoms with Gasteiger partial charge < -0.3 is 9.64 Å². The molecule has 0 unspecified atom stereocenters. The average molecular weight is 515 g/mol. The molecular formula is C28H32F2N2O3S. The van der Waals surface area contributed by atoms with Crippen molar-refractivity contribution in [1.82, 2.24) is 4.90 Å². The lowest BCUT2D eigenvalue weighted by Gasteiger charge is -2.27. The first-order chi connectivity index (χ1) is 17.3. The normalized spacial score (nSPS) is 14.5. The minimum Gasteiger partial charge on any atom is -0.493 e. The Labute approximate surface area is 212 Å². The van der Waals surface area contributed by atoms with Gasteiger partial charge in [-0.15, -0.1) is 0 Å². The van der Waals surface area contributed by atoms with E-state index < -0.39 is 21.7 Å². The molecule has 8 heteroatoms. The number of nitrogens with zero attached hydrogens (tertiary/aromatic N) is 2. The second-order valence-electron chi connectivity index (χ2n) is 9.13. The van der Waals surface area contributed by atoms with Crippen LogP contribution in [0.25, 0.3) is 0 Å². The fourth-order valence-corrected chi connectivity index (χ4v) is 5.84. The van der Waals surface area contributed by atoms with Crippen molar-refractivity contribution in [3.8, 4) is 5.75 Å². The first-order valence-electron chi connectivity index (χ1n) is 12.3. The third-order valence-electron chi connectivity index (χ3n) is 6.40. The zero-order chi connectivity index (χ0) is 25.5. The first kappa shape index (κ1) is 26.1. The fraction of sp³-hybridized carbons (Fsp3) is 0.357. The molecular weight excluding hydrogens is 482 g/mol. The monoisotopic (exact) mass is 514 g/mol. The van der Waals surface area contributed by atoms with E-state index in [-0.39, 0.29) is 17.1 Å². The maximum Gasteiger partial charge on any atom is 0.264 e. The van der Waals surface area contributed by atoms with Crippen LogP contribution in [0.5, 0.6) is 5.75 Å². The molecule has 36 heavy (non-hydrogen) atoms. The van der Waals surface area contributed by atoms with Gasteiger partial charge in [-0.25, -0.2) is 17.2 Å². The van der Waals surface area contributed by atoms with E-state index in [1.165, 1.54) is 31.4 Å². The Morgan fingerprint density at radius 3 is 2.42 bits per heavy atom. The molecule has 0 aromatic heterocycles. The number of aryl methyl sites for hydroxylation is 1. The summed E-state index contributed by atoms with van der Waals surface area (Å²) in [5.41, 5.74) is 1.10. The highest BCUT2D eigenvalue weighted by atomic mass is 32.2. The number of likely N-dealkylation sites (tertiary alicyclic amines) is 1. The predicted octanol–water partition coefficient (Wildman–Crippen LogP) is 5.92. The molecule has 5 nitrogen and oxygen atoms in total. The molecule has 1 aliphatic rings. The molecule has 192 valence electrons. The Hall–Kier alpha value is -2.97. The van der Waals surface area contributed by atoms with Crippen LogP contribution in [0.1, 0.15) is 36.8 Å². The van der Waals surface area contributed by atoms with E-state index in [0.29, 0.717) is 17.9 Å². The van der Waals surface area contributed by atoms with Gasteiger partial charge in [-0.05, 0) is 69.6 Å². The standard InChI is InChI=1S/C28H32F2N2O3S/c1-22-10-13-25(14-11-22)36(33,34)32(27-20-24(29)12-15-26(27)30)21-23-8-3-4-9-28(23)35-19-7-18-31-16-5-2-6-17-31/h3-4,8-15,20H,2,5-7,16-19,21H2,1H3. The van der Waals surface area contributed by atoms with Crippen LogP contribution in [0.15, 0.2) is 71.6 Å². The van der Waals surface area contributed by atoms with Gasteiger partial charge in [0.15, 0.2) is 0 Å². The van der Waals surface area contributed by atoms with Crippen LogP contribution < -0.4 is 9.04 Å². The summed E-state index contributed by atoms with van der Waals surface area (Å²) < 4.78 is 63.2. The van der Waals surface area contributed by atoms with Gasteiger partial charge >= 0.3 is 0 Å². The van der Waals surface area contributed by atoms with E-state index in [2.05, 4.69) is 4.90 Å². The highest BCUT2D eigenvalue weighted by Gasteiger charge is 2.29. The number of sulfonamides is 1. The number of ether oxygens (including phenoxy) is 1. The number of hydrogen-bond donors (Lipinski definition) is 0. The molecule has 0 N–H and O–H groups in total. The van der Waals surface area contributed by atoms with Gasteiger partial charge in [0, 0.05) is 18.2 Å². The molecule has 0 amide bonds. The van der Waals surface area contributed by atoms with Crippen LogP contribution in [0.4, 0.5) is 14.5 Å². The van der Waals surface area contributed by atoms with E-state index in [1.807, 2.05) is 13.0 Å². The van der Waals surface area contributed by atoms with E-state index in [0.717, 1.165) is 54.1 Å². The van der Waals surface area contributed by atoms with Crippen molar-refractivity contribution in [2.24, 2.45) is 0 Å². The van der Waals surface area contributed by atoms with Crippen LogP contribution in [-0.2, 0) is 16.6 Å². The molecule has 0 aliphatic carbocycles. The van der Waals surface area contributed by atoms with Gasteiger partial charge in [0.2, 0.25) is 0 Å². The number of rotatable bonds is 10. The lowest BCUT2D eigenvalue weighted by atomic mass is 10.1. The molecule has 0 saturated carbocycles. The summed E-state index contributed by atoms with van der Waals surface area (Å²) in [6, 6.07) is 16.2. The minimum atomic E-state index is -4.20. The molecule has 1 aliphatic heterocycles. The molecule has 4 rings (SSSR count). The van der Waals surface area contributed by atoms with Crippen LogP contribution in [-0.4, -0.2) is 39.6 Å². The van der Waals surface area contributed by atoms with Crippen LogP contribution in [0.3, 0.4) is 0 Å². The SMILES string of the molecule is Cc1ccc(S(=O)(=O)N(Cc2ccccc2OCCCN2CCCCC2)c2cc(F)ccc2F)cc1. The van der Waals surface area contributed by atoms with Gasteiger partial charge in [-0.1, -0.05) is 42.3 Å². The summed E-state index contributed by atoms with van der Waals surface area (Å²) in [7, 11) is -4.20. The van der Waals surface area contributed by atoms with Gasteiger partial charge in [0.25, 0.3) is 10.0 Å². The Bertz CT molecular complexity index is 1260. The zero-order valence-corrected chi connectivity index (χ0v) is 21.3. The Kier molecular flexibility index (Phi) is 8.59. The zero-order valence-electron chi connectivity index (χ0n) is 20.5. The van der Waals surface area contributed by atoms with E-state index in [1.54, 1.807) is 30.3 Å². The highest BCUT2D eigenvalue weighted by Crippen LogP contribution is 2.31. The van der Waals surface area contributed by atoms with Crippen molar-refractivity contribution in [1.29, 1.82) is 0 Å². The van der Waals surface area contributed by atoms with Gasteiger partial charge in [0.1, 0.15) is 17.4 Å². The Balaban J connectivity index is 1.58. The lowest BCUT2D eigenvalue weighted by Crippen LogP contribution is -2.32.